The molecule has 0 unspecified atom stereocenters. The van der Waals surface area contributed by atoms with Crippen LogP contribution in [0.2, 0.25) is 0 Å². The molecule has 1 N–H and O–H groups in total. The maximum absolute atomic E-state index is 13.2. The number of amides is 1. The number of nitrogens with one attached hydrogen (secondary N) is 1. The third-order valence-corrected chi connectivity index (χ3v) is 8.11. The van der Waals surface area contributed by atoms with Gasteiger partial charge in [-0.15, -0.1) is 0 Å². The summed E-state index contributed by atoms with van der Waals surface area (Å²) in [6, 6.07) is 14.6. The molecule has 8 nitrogen and oxygen atoms in total. The van der Waals surface area contributed by atoms with Crippen LogP contribution >= 0.6 is 0 Å². The second-order valence-corrected chi connectivity index (χ2v) is 10.3. The second-order valence-electron chi connectivity index (χ2n) is 8.33. The van der Waals surface area contributed by atoms with Crippen molar-refractivity contribution < 1.29 is 17.9 Å². The van der Waals surface area contributed by atoms with Gasteiger partial charge in [0.25, 0.3) is 0 Å². The van der Waals surface area contributed by atoms with Crippen LogP contribution in [0.25, 0.3) is 0 Å². The van der Waals surface area contributed by atoms with E-state index in [2.05, 4.69) is 22.0 Å². The van der Waals surface area contributed by atoms with Crippen molar-refractivity contribution in [3.63, 3.8) is 0 Å². The molecule has 0 aromatic heterocycles. The van der Waals surface area contributed by atoms with Gasteiger partial charge in [-0.05, 0) is 30.3 Å². The molecular weight excluding hydrogens is 440 g/mol. The van der Waals surface area contributed by atoms with E-state index in [1.54, 1.807) is 12.1 Å². The minimum absolute atomic E-state index is 0.171. The molecule has 4 rings (SSSR count). The molecule has 0 atom stereocenters. The Kier molecular flexibility index (Phi) is 7.64. The van der Waals surface area contributed by atoms with E-state index in [-0.39, 0.29) is 17.2 Å². The highest BCUT2D eigenvalue weighted by atomic mass is 32.2. The van der Waals surface area contributed by atoms with Crippen molar-refractivity contribution >= 4 is 27.3 Å². The van der Waals surface area contributed by atoms with Gasteiger partial charge in [-0.1, -0.05) is 37.3 Å². The molecule has 2 aromatic carbocycles. The fraction of sp³-hybridized carbons (Fsp3) is 0.458. The van der Waals surface area contributed by atoms with Crippen LogP contribution < -0.4 is 10.2 Å². The van der Waals surface area contributed by atoms with E-state index < -0.39 is 10.0 Å². The number of piperazine rings is 1. The average Bonchev–Trinajstić information content (AvgIpc) is 2.85. The first kappa shape index (κ1) is 23.7. The Morgan fingerprint density at radius 2 is 1.67 bits per heavy atom. The minimum atomic E-state index is -3.66. The van der Waals surface area contributed by atoms with Crippen molar-refractivity contribution in [3.05, 3.63) is 54.1 Å². The fourth-order valence-corrected chi connectivity index (χ4v) is 5.70. The zero-order chi connectivity index (χ0) is 23.3. The van der Waals surface area contributed by atoms with Crippen molar-refractivity contribution in [2.24, 2.45) is 0 Å². The molecule has 2 aliphatic rings. The monoisotopic (exact) mass is 472 g/mol. The lowest BCUT2D eigenvalue weighted by molar-refractivity contribution is -0.115. The zero-order valence-corrected chi connectivity index (χ0v) is 19.9. The van der Waals surface area contributed by atoms with Crippen molar-refractivity contribution in [3.8, 4) is 0 Å². The van der Waals surface area contributed by atoms with Gasteiger partial charge in [0.2, 0.25) is 15.9 Å². The van der Waals surface area contributed by atoms with Gasteiger partial charge in [0, 0.05) is 39.3 Å². The Morgan fingerprint density at radius 3 is 2.33 bits per heavy atom. The van der Waals surface area contributed by atoms with E-state index in [1.165, 1.54) is 4.31 Å². The molecule has 0 saturated carbocycles. The van der Waals surface area contributed by atoms with Gasteiger partial charge >= 0.3 is 0 Å². The first-order chi connectivity index (χ1) is 16.0. The maximum atomic E-state index is 13.2. The highest BCUT2D eigenvalue weighted by Crippen LogP contribution is 2.31. The van der Waals surface area contributed by atoms with Crippen LogP contribution in [0.4, 0.5) is 11.4 Å². The molecule has 2 fully saturated rings. The largest absolute Gasteiger partial charge is 0.379 e. The number of benzene rings is 2. The summed E-state index contributed by atoms with van der Waals surface area (Å²) in [6.45, 7) is 8.11. The van der Waals surface area contributed by atoms with Crippen LogP contribution in [0.5, 0.6) is 0 Å². The summed E-state index contributed by atoms with van der Waals surface area (Å²) in [7, 11) is -3.66. The number of sulfonamides is 1. The molecule has 2 aromatic rings. The Balaban J connectivity index is 1.61. The molecule has 9 heteroatoms. The van der Waals surface area contributed by atoms with Gasteiger partial charge in [-0.25, -0.2) is 8.42 Å². The van der Waals surface area contributed by atoms with E-state index in [0.29, 0.717) is 32.0 Å². The van der Waals surface area contributed by atoms with E-state index in [0.717, 1.165) is 44.0 Å². The minimum Gasteiger partial charge on any atom is -0.379 e. The SMILES string of the molecule is CCN1CCN(c2ccc(S(=O)(=O)N3CCOCC3)cc2NC(=O)Cc2ccccc2)CC1. The molecule has 2 heterocycles. The number of morpholine rings is 1. The molecule has 0 aliphatic carbocycles. The zero-order valence-electron chi connectivity index (χ0n) is 19.1. The molecule has 0 bridgehead atoms. The van der Waals surface area contributed by atoms with Gasteiger partial charge in [-0.3, -0.25) is 4.79 Å². The van der Waals surface area contributed by atoms with Gasteiger partial charge in [-0.2, -0.15) is 4.31 Å². The van der Waals surface area contributed by atoms with E-state index in [4.69, 9.17) is 4.74 Å². The van der Waals surface area contributed by atoms with Crippen LogP contribution in [-0.2, 0) is 26.0 Å². The molecule has 2 saturated heterocycles. The van der Waals surface area contributed by atoms with Crippen LogP contribution in [0, 0.1) is 0 Å². The summed E-state index contributed by atoms with van der Waals surface area (Å²) in [4.78, 5) is 17.6. The number of likely N-dealkylation sites (N-methyl/N-ethyl adjacent to an activating group) is 1. The molecule has 0 radical (unpaired) electrons. The van der Waals surface area contributed by atoms with E-state index >= 15 is 0 Å². The third kappa shape index (κ3) is 5.73. The van der Waals surface area contributed by atoms with Crippen molar-refractivity contribution in [1.82, 2.24) is 9.21 Å². The molecule has 33 heavy (non-hydrogen) atoms. The number of nitrogens with zero attached hydrogens (tertiary/aromatic N) is 3. The topological polar surface area (TPSA) is 82.2 Å². The van der Waals surface area contributed by atoms with Gasteiger partial charge in [0.05, 0.1) is 35.9 Å². The lowest BCUT2D eigenvalue weighted by Gasteiger charge is -2.36. The second kappa shape index (κ2) is 10.6. The summed E-state index contributed by atoms with van der Waals surface area (Å²) in [6.07, 6.45) is 0.227. The van der Waals surface area contributed by atoms with Crippen LogP contribution in [0.3, 0.4) is 0 Å². The standard InChI is InChI=1S/C24H32N4O4S/c1-2-26-10-12-27(13-11-26)23-9-8-21(33(30,31)28-14-16-32-17-15-28)19-22(23)25-24(29)18-20-6-4-3-5-7-20/h3-9,19H,2,10-18H2,1H3,(H,25,29). The fourth-order valence-electron chi connectivity index (χ4n) is 4.27. The van der Waals surface area contributed by atoms with Gasteiger partial charge < -0.3 is 19.9 Å². The summed E-state index contributed by atoms with van der Waals surface area (Å²) in [5.74, 6) is -0.171. The van der Waals surface area contributed by atoms with Gasteiger partial charge in [0.1, 0.15) is 0 Å². The highest BCUT2D eigenvalue weighted by molar-refractivity contribution is 7.89. The summed E-state index contributed by atoms with van der Waals surface area (Å²) >= 11 is 0. The number of hydrogen-bond acceptors (Lipinski definition) is 6. The van der Waals surface area contributed by atoms with Crippen molar-refractivity contribution in [2.45, 2.75) is 18.2 Å². The first-order valence-corrected chi connectivity index (χ1v) is 12.9. The number of carbonyl (C=O) groups excluding carboxylic acids is 1. The lowest BCUT2D eigenvalue weighted by atomic mass is 10.1. The van der Waals surface area contributed by atoms with Crippen LogP contribution in [0.1, 0.15) is 12.5 Å². The molecule has 178 valence electrons. The molecule has 0 spiro atoms. The number of hydrogen-bond donors (Lipinski definition) is 1. The average molecular weight is 473 g/mol. The normalized spacial score (nSPS) is 18.3. The summed E-state index contributed by atoms with van der Waals surface area (Å²) in [5.41, 5.74) is 2.30. The Morgan fingerprint density at radius 1 is 0.970 bits per heavy atom. The molecule has 2 aliphatic heterocycles. The predicted octanol–water partition coefficient (Wildman–Crippen LogP) is 2.03. The Hall–Kier alpha value is -2.46. The van der Waals surface area contributed by atoms with Crippen LogP contribution in [0.15, 0.2) is 53.4 Å². The number of ether oxygens (including phenoxy) is 1. The molecule has 1 amide bonds. The Bertz CT molecular complexity index is 1050. The van der Waals surface area contributed by atoms with E-state index in [9.17, 15) is 13.2 Å². The van der Waals surface area contributed by atoms with Crippen molar-refractivity contribution in [2.75, 3.05) is 69.2 Å². The number of rotatable bonds is 7. The summed E-state index contributed by atoms with van der Waals surface area (Å²) in [5, 5.41) is 3.00. The van der Waals surface area contributed by atoms with Gasteiger partial charge in [0.15, 0.2) is 0 Å². The quantitative estimate of drug-likeness (QED) is 0.664. The summed E-state index contributed by atoms with van der Waals surface area (Å²) < 4.78 is 33.2. The lowest BCUT2D eigenvalue weighted by Crippen LogP contribution is -2.46. The van der Waals surface area contributed by atoms with Crippen LogP contribution in [-0.4, -0.2) is 82.6 Å². The molecular formula is C24H32N4O4S. The first-order valence-electron chi connectivity index (χ1n) is 11.5. The highest BCUT2D eigenvalue weighted by Gasteiger charge is 2.28. The van der Waals surface area contributed by atoms with Crippen molar-refractivity contribution in [1.29, 1.82) is 0 Å². The maximum Gasteiger partial charge on any atom is 0.243 e. The third-order valence-electron chi connectivity index (χ3n) is 6.22. The number of anilines is 2. The predicted molar refractivity (Wildman–Crippen MR) is 129 cm³/mol. The number of carbonyl (C=O) groups is 1. The van der Waals surface area contributed by atoms with E-state index in [1.807, 2.05) is 36.4 Å². The Labute approximate surface area is 196 Å². The smallest absolute Gasteiger partial charge is 0.243 e.